The molecule has 25 heavy (non-hydrogen) atoms. The van der Waals surface area contributed by atoms with Gasteiger partial charge in [0.15, 0.2) is 0 Å². The monoisotopic (exact) mass is 353 g/mol. The summed E-state index contributed by atoms with van der Waals surface area (Å²) in [6.45, 7) is 6.05. The van der Waals surface area contributed by atoms with Crippen LogP contribution in [0.2, 0.25) is 0 Å². The van der Waals surface area contributed by atoms with Crippen LogP contribution in [0.1, 0.15) is 39.9 Å². The average molecular weight is 353 g/mol. The van der Waals surface area contributed by atoms with E-state index in [2.05, 4.69) is 39.1 Å². The molecule has 0 radical (unpaired) electrons. The lowest BCUT2D eigenvalue weighted by atomic mass is 10.1. The number of hydrogen-bond acceptors (Lipinski definition) is 4. The van der Waals surface area contributed by atoms with Gasteiger partial charge in [-0.1, -0.05) is 30.3 Å². The van der Waals surface area contributed by atoms with E-state index in [0.717, 1.165) is 43.9 Å². The molecule has 0 aliphatic carbocycles. The number of aryl methyl sites for hydroxylation is 2. The standard InChI is InChI=1S/C20H23N3OS/c1-15-8-11-25-19(15)14-22-9-5-10-23-17(13-22)12-18(21-23)20(24)16-6-3-2-4-7-16/h2-4,6-8,11-12,20,24H,5,9-10,13-14H2,1H3/t20-/m0/s1. The maximum absolute atomic E-state index is 10.6. The number of aromatic nitrogens is 2. The first-order chi connectivity index (χ1) is 12.2. The Labute approximate surface area is 152 Å². The number of thiophene rings is 1. The highest BCUT2D eigenvalue weighted by Crippen LogP contribution is 2.25. The van der Waals surface area contributed by atoms with E-state index in [-0.39, 0.29) is 0 Å². The lowest BCUT2D eigenvalue weighted by Gasteiger charge is -2.19. The normalized spacial score (nSPS) is 16.4. The minimum Gasteiger partial charge on any atom is -0.382 e. The van der Waals surface area contributed by atoms with Gasteiger partial charge in [0.05, 0.1) is 11.4 Å². The second-order valence-corrected chi connectivity index (χ2v) is 7.69. The molecule has 4 rings (SSSR count). The molecule has 0 amide bonds. The average Bonchev–Trinajstić information content (AvgIpc) is 3.16. The Balaban J connectivity index is 1.53. The highest BCUT2D eigenvalue weighted by molar-refractivity contribution is 7.10. The van der Waals surface area contributed by atoms with Crippen molar-refractivity contribution in [2.24, 2.45) is 0 Å². The third-order valence-electron chi connectivity index (χ3n) is 4.84. The van der Waals surface area contributed by atoms with E-state index in [1.807, 2.05) is 41.7 Å². The van der Waals surface area contributed by atoms with E-state index >= 15 is 0 Å². The van der Waals surface area contributed by atoms with Gasteiger partial charge < -0.3 is 5.11 Å². The van der Waals surface area contributed by atoms with Crippen LogP contribution in [0.3, 0.4) is 0 Å². The van der Waals surface area contributed by atoms with Gasteiger partial charge in [-0.25, -0.2) is 0 Å². The maximum Gasteiger partial charge on any atom is 0.123 e. The van der Waals surface area contributed by atoms with Gasteiger partial charge in [0.25, 0.3) is 0 Å². The zero-order chi connectivity index (χ0) is 17.2. The molecule has 1 atom stereocenters. The molecule has 3 heterocycles. The Morgan fingerprint density at radius 2 is 2.04 bits per heavy atom. The van der Waals surface area contributed by atoms with Crippen LogP contribution in [0, 0.1) is 6.92 Å². The molecule has 130 valence electrons. The minimum atomic E-state index is -0.659. The largest absolute Gasteiger partial charge is 0.382 e. The van der Waals surface area contributed by atoms with Crippen LogP contribution in [-0.4, -0.2) is 26.3 Å². The van der Waals surface area contributed by atoms with E-state index in [9.17, 15) is 5.11 Å². The topological polar surface area (TPSA) is 41.3 Å². The van der Waals surface area contributed by atoms with Gasteiger partial charge >= 0.3 is 0 Å². The van der Waals surface area contributed by atoms with Gasteiger partial charge in [0.1, 0.15) is 6.10 Å². The summed E-state index contributed by atoms with van der Waals surface area (Å²) in [5.41, 5.74) is 4.21. The van der Waals surface area contributed by atoms with Crippen molar-refractivity contribution in [2.45, 2.75) is 39.1 Å². The molecule has 0 fully saturated rings. The Hall–Kier alpha value is -1.95. The quantitative estimate of drug-likeness (QED) is 0.777. The Morgan fingerprint density at radius 3 is 2.80 bits per heavy atom. The number of hydrogen-bond donors (Lipinski definition) is 1. The first-order valence-corrected chi connectivity index (χ1v) is 9.63. The van der Waals surface area contributed by atoms with Crippen LogP contribution in [0.4, 0.5) is 0 Å². The molecule has 3 aromatic rings. The molecule has 5 heteroatoms. The minimum absolute atomic E-state index is 0.659. The summed E-state index contributed by atoms with van der Waals surface area (Å²) in [5.74, 6) is 0. The van der Waals surface area contributed by atoms with E-state index in [0.29, 0.717) is 0 Å². The fraction of sp³-hybridized carbons (Fsp3) is 0.350. The van der Waals surface area contributed by atoms with Crippen LogP contribution in [0.5, 0.6) is 0 Å². The second-order valence-electron chi connectivity index (χ2n) is 6.69. The zero-order valence-corrected chi connectivity index (χ0v) is 15.2. The fourth-order valence-corrected chi connectivity index (χ4v) is 4.34. The number of rotatable bonds is 4. The molecule has 1 aliphatic heterocycles. The lowest BCUT2D eigenvalue weighted by molar-refractivity contribution is 0.213. The third kappa shape index (κ3) is 3.54. The Morgan fingerprint density at radius 1 is 1.20 bits per heavy atom. The van der Waals surface area contributed by atoms with E-state index in [4.69, 9.17) is 0 Å². The summed E-state index contributed by atoms with van der Waals surface area (Å²) in [6.07, 6.45) is 0.425. The van der Waals surface area contributed by atoms with Gasteiger partial charge in [0, 0.05) is 31.1 Å². The lowest BCUT2D eigenvalue weighted by Crippen LogP contribution is -2.22. The van der Waals surface area contributed by atoms with Crippen molar-refractivity contribution in [3.63, 3.8) is 0 Å². The van der Waals surface area contributed by atoms with Crippen molar-refractivity contribution in [3.8, 4) is 0 Å². The third-order valence-corrected chi connectivity index (χ3v) is 5.85. The summed E-state index contributed by atoms with van der Waals surface area (Å²) in [6, 6.07) is 14.0. The number of aliphatic hydroxyl groups excluding tert-OH is 1. The SMILES string of the molecule is Cc1ccsc1CN1CCCn2nc([C@@H](O)c3ccccc3)cc2C1. The van der Waals surface area contributed by atoms with Gasteiger partial charge in [-0.15, -0.1) is 11.3 Å². The molecule has 0 saturated heterocycles. The number of aliphatic hydroxyl groups is 1. The zero-order valence-electron chi connectivity index (χ0n) is 14.4. The van der Waals surface area contributed by atoms with Crippen LogP contribution in [0.15, 0.2) is 47.8 Å². The van der Waals surface area contributed by atoms with E-state index in [1.54, 1.807) is 0 Å². The summed E-state index contributed by atoms with van der Waals surface area (Å²) in [4.78, 5) is 3.93. The predicted octanol–water partition coefficient (Wildman–Crippen LogP) is 3.74. The molecule has 4 nitrogen and oxygen atoms in total. The number of benzene rings is 1. The molecule has 1 N–H and O–H groups in total. The molecule has 0 spiro atoms. The van der Waals surface area contributed by atoms with Crippen molar-refractivity contribution < 1.29 is 5.11 Å². The highest BCUT2D eigenvalue weighted by atomic mass is 32.1. The number of fused-ring (bicyclic) bond motifs is 1. The van der Waals surface area contributed by atoms with Crippen LogP contribution in [-0.2, 0) is 19.6 Å². The molecule has 0 unspecified atom stereocenters. The van der Waals surface area contributed by atoms with Gasteiger partial charge in [-0.3, -0.25) is 9.58 Å². The number of nitrogens with zero attached hydrogens (tertiary/aromatic N) is 3. The Bertz CT molecular complexity index is 840. The first kappa shape index (κ1) is 16.5. The summed E-state index contributed by atoms with van der Waals surface area (Å²) < 4.78 is 2.07. The van der Waals surface area contributed by atoms with Gasteiger partial charge in [0.2, 0.25) is 0 Å². The fourth-order valence-electron chi connectivity index (χ4n) is 3.39. The van der Waals surface area contributed by atoms with Gasteiger partial charge in [-0.2, -0.15) is 5.10 Å². The van der Waals surface area contributed by atoms with Crippen molar-refractivity contribution in [1.82, 2.24) is 14.7 Å². The summed E-state index contributed by atoms with van der Waals surface area (Å²) in [5, 5.41) is 17.5. The smallest absolute Gasteiger partial charge is 0.123 e. The molecule has 1 aliphatic rings. The van der Waals surface area contributed by atoms with Crippen molar-refractivity contribution in [1.29, 1.82) is 0 Å². The predicted molar refractivity (Wildman–Crippen MR) is 101 cm³/mol. The summed E-state index contributed by atoms with van der Waals surface area (Å²) in [7, 11) is 0. The highest BCUT2D eigenvalue weighted by Gasteiger charge is 2.21. The van der Waals surface area contributed by atoms with Crippen molar-refractivity contribution >= 4 is 11.3 Å². The first-order valence-electron chi connectivity index (χ1n) is 8.75. The summed E-state index contributed by atoms with van der Waals surface area (Å²) >= 11 is 1.83. The van der Waals surface area contributed by atoms with Crippen LogP contribution in [0.25, 0.3) is 0 Å². The van der Waals surface area contributed by atoms with Gasteiger partial charge in [-0.05, 0) is 42.0 Å². The van der Waals surface area contributed by atoms with E-state index in [1.165, 1.54) is 16.1 Å². The molecule has 0 saturated carbocycles. The van der Waals surface area contributed by atoms with Crippen molar-refractivity contribution in [3.05, 3.63) is 75.2 Å². The molecular weight excluding hydrogens is 330 g/mol. The van der Waals surface area contributed by atoms with Crippen LogP contribution < -0.4 is 0 Å². The maximum atomic E-state index is 10.6. The molecule has 1 aromatic carbocycles. The molecule has 2 aromatic heterocycles. The molecular formula is C20H23N3OS. The van der Waals surface area contributed by atoms with Crippen LogP contribution >= 0.6 is 11.3 Å². The molecule has 0 bridgehead atoms. The second kappa shape index (κ2) is 7.12. The van der Waals surface area contributed by atoms with Crippen molar-refractivity contribution in [2.75, 3.05) is 6.54 Å². The van der Waals surface area contributed by atoms with E-state index < -0.39 is 6.10 Å². The Kier molecular flexibility index (Phi) is 4.70.